The normalized spacial score (nSPS) is 10.9. The summed E-state index contributed by atoms with van der Waals surface area (Å²) in [5, 5.41) is 15.1. The van der Waals surface area contributed by atoms with E-state index < -0.39 is 0 Å². The van der Waals surface area contributed by atoms with Crippen LogP contribution >= 0.6 is 23.1 Å². The highest BCUT2D eigenvalue weighted by Crippen LogP contribution is 2.26. The van der Waals surface area contributed by atoms with Gasteiger partial charge in [0.15, 0.2) is 10.3 Å². The van der Waals surface area contributed by atoms with Crippen LogP contribution in [0.1, 0.15) is 11.4 Å². The van der Waals surface area contributed by atoms with E-state index in [9.17, 15) is 9.59 Å². The Labute approximate surface area is 187 Å². The molecule has 31 heavy (non-hydrogen) atoms. The van der Waals surface area contributed by atoms with Crippen LogP contribution in [0.25, 0.3) is 10.2 Å². The van der Waals surface area contributed by atoms with E-state index in [2.05, 4.69) is 25.8 Å². The van der Waals surface area contributed by atoms with Crippen LogP contribution in [0.2, 0.25) is 0 Å². The molecule has 0 saturated heterocycles. The molecule has 4 rings (SSSR count). The van der Waals surface area contributed by atoms with Crippen LogP contribution in [0.5, 0.6) is 0 Å². The van der Waals surface area contributed by atoms with Crippen LogP contribution in [0, 0.1) is 6.92 Å². The number of thioether (sulfide) groups is 1. The lowest BCUT2D eigenvalue weighted by molar-refractivity contribution is -0.116. The lowest BCUT2D eigenvalue weighted by Gasteiger charge is -2.08. The van der Waals surface area contributed by atoms with Crippen molar-refractivity contribution in [1.82, 2.24) is 19.7 Å². The van der Waals surface area contributed by atoms with Crippen molar-refractivity contribution in [2.45, 2.75) is 18.5 Å². The molecule has 2 N–H and O–H groups in total. The third-order valence-corrected chi connectivity index (χ3v) is 6.51. The summed E-state index contributed by atoms with van der Waals surface area (Å²) in [6, 6.07) is 15.3. The number of nitrogens with zero attached hydrogens (tertiary/aromatic N) is 4. The maximum Gasteiger partial charge on any atom is 0.236 e. The van der Waals surface area contributed by atoms with Gasteiger partial charge in [0.1, 0.15) is 5.82 Å². The highest BCUT2D eigenvalue weighted by Gasteiger charge is 2.15. The van der Waals surface area contributed by atoms with Gasteiger partial charge in [-0.3, -0.25) is 9.59 Å². The zero-order valence-corrected chi connectivity index (χ0v) is 18.6. The SMILES string of the molecule is Cc1ccccc1NC(=O)Cc1nnc(SCC(=O)Nc2nc3ccccc3s2)n1C. The second-order valence-electron chi connectivity index (χ2n) is 6.82. The molecule has 0 radical (unpaired) electrons. The standard InChI is InChI=1S/C21H20N6O2S2/c1-13-7-3-4-8-14(13)22-18(28)11-17-25-26-21(27(17)2)30-12-19(29)24-20-23-15-9-5-6-10-16(15)31-20/h3-10H,11-12H2,1-2H3,(H,22,28)(H,23,24,29). The van der Waals surface area contributed by atoms with Gasteiger partial charge in [0.25, 0.3) is 0 Å². The van der Waals surface area contributed by atoms with Crippen LogP contribution in [-0.2, 0) is 23.1 Å². The fraction of sp³-hybridized carbons (Fsp3) is 0.190. The number of fused-ring (bicyclic) bond motifs is 1. The van der Waals surface area contributed by atoms with Crippen molar-refractivity contribution in [3.63, 3.8) is 0 Å². The van der Waals surface area contributed by atoms with Gasteiger partial charge >= 0.3 is 0 Å². The Hall–Kier alpha value is -3.24. The molecule has 0 fully saturated rings. The molecule has 0 atom stereocenters. The van der Waals surface area contributed by atoms with Gasteiger partial charge in [0, 0.05) is 12.7 Å². The summed E-state index contributed by atoms with van der Waals surface area (Å²) in [7, 11) is 1.78. The van der Waals surface area contributed by atoms with Gasteiger partial charge in [-0.15, -0.1) is 10.2 Å². The number of nitrogens with one attached hydrogen (secondary N) is 2. The van der Waals surface area contributed by atoms with E-state index in [1.54, 1.807) is 11.6 Å². The van der Waals surface area contributed by atoms with Crippen LogP contribution in [0.4, 0.5) is 10.8 Å². The molecule has 2 aromatic carbocycles. The van der Waals surface area contributed by atoms with Gasteiger partial charge in [-0.25, -0.2) is 4.98 Å². The number of anilines is 2. The molecule has 4 aromatic rings. The van der Waals surface area contributed by atoms with Crippen molar-refractivity contribution >= 4 is 55.9 Å². The molecule has 0 spiro atoms. The van der Waals surface area contributed by atoms with E-state index in [4.69, 9.17) is 0 Å². The van der Waals surface area contributed by atoms with Gasteiger partial charge in [-0.05, 0) is 30.7 Å². The molecule has 0 aliphatic carbocycles. The Morgan fingerprint density at radius 1 is 1.03 bits per heavy atom. The van der Waals surface area contributed by atoms with Crippen molar-refractivity contribution in [2.75, 3.05) is 16.4 Å². The van der Waals surface area contributed by atoms with E-state index in [0.717, 1.165) is 21.5 Å². The second kappa shape index (κ2) is 9.27. The zero-order valence-electron chi connectivity index (χ0n) is 17.0. The second-order valence-corrected chi connectivity index (χ2v) is 8.79. The Morgan fingerprint density at radius 3 is 2.61 bits per heavy atom. The third-order valence-electron chi connectivity index (χ3n) is 4.54. The molecule has 2 aromatic heterocycles. The number of hydrogen-bond donors (Lipinski definition) is 2. The van der Waals surface area contributed by atoms with Crippen molar-refractivity contribution < 1.29 is 9.59 Å². The Kier molecular flexibility index (Phi) is 6.28. The van der Waals surface area contributed by atoms with Gasteiger partial charge in [0.05, 0.1) is 22.4 Å². The summed E-state index contributed by atoms with van der Waals surface area (Å²) >= 11 is 2.69. The number of carbonyl (C=O) groups is 2. The topological polar surface area (TPSA) is 102 Å². The van der Waals surface area contributed by atoms with E-state index in [1.165, 1.54) is 23.1 Å². The van der Waals surface area contributed by atoms with Crippen molar-refractivity contribution in [3.05, 3.63) is 59.9 Å². The summed E-state index contributed by atoms with van der Waals surface area (Å²) < 4.78 is 2.75. The van der Waals surface area contributed by atoms with Gasteiger partial charge in [0.2, 0.25) is 11.8 Å². The maximum atomic E-state index is 12.4. The number of carbonyl (C=O) groups excluding carboxylic acids is 2. The summed E-state index contributed by atoms with van der Waals surface area (Å²) in [4.78, 5) is 29.1. The summed E-state index contributed by atoms with van der Waals surface area (Å²) in [5.41, 5.74) is 2.62. The van der Waals surface area contributed by atoms with Crippen molar-refractivity contribution in [2.24, 2.45) is 7.05 Å². The Bertz CT molecular complexity index is 1220. The number of thiazole rings is 1. The number of amides is 2. The minimum Gasteiger partial charge on any atom is -0.325 e. The zero-order chi connectivity index (χ0) is 21.8. The average Bonchev–Trinajstić information content (AvgIpc) is 3.31. The molecule has 0 saturated carbocycles. The van der Waals surface area contributed by atoms with Crippen LogP contribution in [-0.4, -0.2) is 37.3 Å². The van der Waals surface area contributed by atoms with Gasteiger partial charge in [-0.1, -0.05) is 53.4 Å². The fourth-order valence-corrected chi connectivity index (χ4v) is 4.50. The smallest absolute Gasteiger partial charge is 0.236 e. The van der Waals surface area contributed by atoms with E-state index in [0.29, 0.717) is 16.1 Å². The fourth-order valence-electron chi connectivity index (χ4n) is 2.89. The molecule has 0 aliphatic rings. The predicted molar refractivity (Wildman–Crippen MR) is 123 cm³/mol. The monoisotopic (exact) mass is 452 g/mol. The molecular weight excluding hydrogens is 432 g/mol. The maximum absolute atomic E-state index is 12.4. The minimum atomic E-state index is -0.175. The number of aromatic nitrogens is 4. The molecule has 0 bridgehead atoms. The number of aryl methyl sites for hydroxylation is 1. The first-order chi connectivity index (χ1) is 15.0. The van der Waals surface area contributed by atoms with Gasteiger partial charge in [-0.2, -0.15) is 0 Å². The lowest BCUT2D eigenvalue weighted by Crippen LogP contribution is -2.17. The minimum absolute atomic E-state index is 0.0935. The van der Waals surface area contributed by atoms with Crippen molar-refractivity contribution in [3.8, 4) is 0 Å². The molecule has 8 nitrogen and oxygen atoms in total. The summed E-state index contributed by atoms with van der Waals surface area (Å²) in [6.45, 7) is 1.94. The number of rotatable bonds is 7. The third kappa shape index (κ3) is 5.09. The number of hydrogen-bond acceptors (Lipinski definition) is 7. The van der Waals surface area contributed by atoms with Gasteiger partial charge < -0.3 is 15.2 Å². The Morgan fingerprint density at radius 2 is 1.81 bits per heavy atom. The van der Waals surface area contributed by atoms with Crippen molar-refractivity contribution in [1.29, 1.82) is 0 Å². The molecule has 0 aliphatic heterocycles. The van der Waals surface area contributed by atoms with E-state index >= 15 is 0 Å². The highest BCUT2D eigenvalue weighted by atomic mass is 32.2. The summed E-state index contributed by atoms with van der Waals surface area (Å²) in [5.74, 6) is 0.345. The molecule has 2 amide bonds. The van der Waals surface area contributed by atoms with Crippen LogP contribution in [0.15, 0.2) is 53.7 Å². The quantitative estimate of drug-likeness (QED) is 0.415. The molecule has 2 heterocycles. The van der Waals surface area contributed by atoms with E-state index in [-0.39, 0.29) is 24.0 Å². The van der Waals surface area contributed by atoms with E-state index in [1.807, 2.05) is 55.5 Å². The lowest BCUT2D eigenvalue weighted by atomic mass is 10.2. The Balaban J connectivity index is 1.32. The first-order valence-electron chi connectivity index (χ1n) is 9.51. The van der Waals surface area contributed by atoms with Crippen LogP contribution < -0.4 is 10.6 Å². The largest absolute Gasteiger partial charge is 0.325 e. The first kappa shape index (κ1) is 21.0. The highest BCUT2D eigenvalue weighted by molar-refractivity contribution is 7.99. The molecule has 0 unspecified atom stereocenters. The molecular formula is C21H20N6O2S2. The predicted octanol–water partition coefficient (Wildman–Crippen LogP) is 3.65. The first-order valence-corrected chi connectivity index (χ1v) is 11.3. The number of benzene rings is 2. The summed E-state index contributed by atoms with van der Waals surface area (Å²) in [6.07, 6.45) is 0.0935. The van der Waals surface area contributed by atoms with Crippen LogP contribution in [0.3, 0.4) is 0 Å². The number of para-hydroxylation sites is 2. The average molecular weight is 453 g/mol. The molecule has 158 valence electrons. The molecule has 10 heteroatoms.